The Balaban J connectivity index is 1.93. The van der Waals surface area contributed by atoms with Gasteiger partial charge in [0.25, 0.3) is 5.91 Å². The normalized spacial score (nSPS) is 10.8. The van der Waals surface area contributed by atoms with Gasteiger partial charge in [-0.1, -0.05) is 11.6 Å². The van der Waals surface area contributed by atoms with Crippen molar-refractivity contribution in [3.8, 4) is 5.75 Å². The first-order valence-corrected chi connectivity index (χ1v) is 8.11. The highest BCUT2D eigenvalue weighted by Crippen LogP contribution is 2.30. The lowest BCUT2D eigenvalue weighted by molar-refractivity contribution is 0.0998. The van der Waals surface area contributed by atoms with Gasteiger partial charge in [-0.05, 0) is 62.7 Å². The number of hydrogen-bond acceptors (Lipinski definition) is 3. The van der Waals surface area contributed by atoms with Gasteiger partial charge in [-0.2, -0.15) is 0 Å². The van der Waals surface area contributed by atoms with Crippen LogP contribution in [0, 0.1) is 13.8 Å². The van der Waals surface area contributed by atoms with E-state index in [2.05, 4.69) is 5.32 Å². The van der Waals surface area contributed by atoms with E-state index in [1.54, 1.807) is 18.2 Å². The Kier molecular flexibility index (Phi) is 4.49. The average Bonchev–Trinajstić information content (AvgIpc) is 2.87. The number of amides is 1. The quantitative estimate of drug-likeness (QED) is 0.694. The maximum absolute atomic E-state index is 12.6. The molecule has 1 heterocycles. The van der Waals surface area contributed by atoms with E-state index < -0.39 is 0 Å². The standard InChI is InChI=1S/C19H18ClNO3/c1-4-23-14-6-8-17-15(10-14)12(3)18(24-17)19(22)21-16-7-5-13(20)9-11(16)2/h5-10H,4H2,1-3H3,(H,21,22). The fourth-order valence-electron chi connectivity index (χ4n) is 2.62. The summed E-state index contributed by atoms with van der Waals surface area (Å²) in [7, 11) is 0. The highest BCUT2D eigenvalue weighted by atomic mass is 35.5. The second-order valence-corrected chi connectivity index (χ2v) is 6.00. The van der Waals surface area contributed by atoms with Crippen LogP contribution in [-0.2, 0) is 0 Å². The molecule has 0 aliphatic heterocycles. The summed E-state index contributed by atoms with van der Waals surface area (Å²) in [4.78, 5) is 12.6. The number of carbonyl (C=O) groups excluding carboxylic acids is 1. The lowest BCUT2D eigenvalue weighted by Crippen LogP contribution is -2.12. The monoisotopic (exact) mass is 343 g/mol. The summed E-state index contributed by atoms with van der Waals surface area (Å²) in [5.41, 5.74) is 3.05. The largest absolute Gasteiger partial charge is 0.494 e. The Morgan fingerprint density at radius 2 is 2.00 bits per heavy atom. The molecule has 0 saturated carbocycles. The summed E-state index contributed by atoms with van der Waals surface area (Å²) in [5.74, 6) is 0.773. The van der Waals surface area contributed by atoms with Crippen LogP contribution in [0.4, 0.5) is 5.69 Å². The van der Waals surface area contributed by atoms with Crippen molar-refractivity contribution >= 4 is 34.2 Å². The molecule has 4 nitrogen and oxygen atoms in total. The van der Waals surface area contributed by atoms with Crippen molar-refractivity contribution in [3.05, 3.63) is 58.3 Å². The van der Waals surface area contributed by atoms with E-state index in [4.69, 9.17) is 20.8 Å². The number of fused-ring (bicyclic) bond motifs is 1. The number of benzene rings is 2. The van der Waals surface area contributed by atoms with Crippen molar-refractivity contribution in [2.75, 3.05) is 11.9 Å². The van der Waals surface area contributed by atoms with E-state index >= 15 is 0 Å². The second-order valence-electron chi connectivity index (χ2n) is 5.56. The summed E-state index contributed by atoms with van der Waals surface area (Å²) in [6, 6.07) is 10.9. The third kappa shape index (κ3) is 3.10. The number of carbonyl (C=O) groups is 1. The molecule has 3 aromatic rings. The first kappa shape index (κ1) is 16.4. The van der Waals surface area contributed by atoms with Crippen LogP contribution in [0.15, 0.2) is 40.8 Å². The van der Waals surface area contributed by atoms with Crippen molar-refractivity contribution in [2.45, 2.75) is 20.8 Å². The molecule has 2 aromatic carbocycles. The number of hydrogen-bond donors (Lipinski definition) is 1. The molecule has 5 heteroatoms. The van der Waals surface area contributed by atoms with Gasteiger partial charge < -0.3 is 14.5 Å². The minimum absolute atomic E-state index is 0.285. The number of aryl methyl sites for hydroxylation is 2. The van der Waals surface area contributed by atoms with E-state index in [1.807, 2.05) is 39.0 Å². The van der Waals surface area contributed by atoms with E-state index in [-0.39, 0.29) is 5.91 Å². The van der Waals surface area contributed by atoms with Crippen molar-refractivity contribution in [1.29, 1.82) is 0 Å². The Morgan fingerprint density at radius 3 is 2.71 bits per heavy atom. The molecule has 1 N–H and O–H groups in total. The molecular formula is C19H18ClNO3. The van der Waals surface area contributed by atoms with Gasteiger partial charge in [-0.25, -0.2) is 0 Å². The van der Waals surface area contributed by atoms with E-state index in [0.29, 0.717) is 28.7 Å². The zero-order valence-corrected chi connectivity index (χ0v) is 14.5. The molecule has 0 aliphatic rings. The van der Waals surface area contributed by atoms with Crippen LogP contribution in [0.1, 0.15) is 28.6 Å². The van der Waals surface area contributed by atoms with E-state index in [1.165, 1.54) is 0 Å². The predicted octanol–water partition coefficient (Wildman–Crippen LogP) is 5.35. The molecule has 0 aliphatic carbocycles. The van der Waals surface area contributed by atoms with Crippen LogP contribution in [-0.4, -0.2) is 12.5 Å². The summed E-state index contributed by atoms with van der Waals surface area (Å²) < 4.78 is 11.2. The van der Waals surface area contributed by atoms with Crippen LogP contribution in [0.3, 0.4) is 0 Å². The molecule has 1 amide bonds. The Labute approximate surface area is 145 Å². The number of halogens is 1. The first-order valence-electron chi connectivity index (χ1n) is 7.73. The minimum Gasteiger partial charge on any atom is -0.494 e. The molecule has 124 valence electrons. The van der Waals surface area contributed by atoms with Gasteiger partial charge in [0.15, 0.2) is 5.76 Å². The zero-order valence-electron chi connectivity index (χ0n) is 13.8. The van der Waals surface area contributed by atoms with Gasteiger partial charge in [-0.15, -0.1) is 0 Å². The smallest absolute Gasteiger partial charge is 0.291 e. The minimum atomic E-state index is -0.285. The fraction of sp³-hybridized carbons (Fsp3) is 0.211. The maximum Gasteiger partial charge on any atom is 0.291 e. The van der Waals surface area contributed by atoms with Crippen molar-refractivity contribution in [1.82, 2.24) is 0 Å². The number of furan rings is 1. The van der Waals surface area contributed by atoms with Gasteiger partial charge in [0.1, 0.15) is 11.3 Å². The summed E-state index contributed by atoms with van der Waals surface area (Å²) in [6.45, 7) is 6.28. The molecule has 0 radical (unpaired) electrons. The van der Waals surface area contributed by atoms with Crippen molar-refractivity contribution < 1.29 is 13.9 Å². The molecule has 0 spiro atoms. The van der Waals surface area contributed by atoms with Crippen LogP contribution < -0.4 is 10.1 Å². The van der Waals surface area contributed by atoms with Gasteiger partial charge in [0.05, 0.1) is 6.61 Å². The van der Waals surface area contributed by atoms with Crippen LogP contribution >= 0.6 is 11.6 Å². The predicted molar refractivity (Wildman–Crippen MR) is 96.3 cm³/mol. The zero-order chi connectivity index (χ0) is 17.3. The molecule has 1 aromatic heterocycles. The number of nitrogens with one attached hydrogen (secondary N) is 1. The SMILES string of the molecule is CCOc1ccc2oc(C(=O)Nc3ccc(Cl)cc3C)c(C)c2c1. The third-order valence-corrected chi connectivity index (χ3v) is 4.10. The fourth-order valence-corrected chi connectivity index (χ4v) is 2.85. The topological polar surface area (TPSA) is 51.5 Å². The van der Waals surface area contributed by atoms with Crippen molar-refractivity contribution in [2.24, 2.45) is 0 Å². The van der Waals surface area contributed by atoms with Gasteiger partial charge in [-0.3, -0.25) is 4.79 Å². The van der Waals surface area contributed by atoms with E-state index in [0.717, 1.165) is 22.3 Å². The molecule has 0 saturated heterocycles. The first-order chi connectivity index (χ1) is 11.5. The molecule has 0 atom stereocenters. The molecule has 0 bridgehead atoms. The molecule has 0 unspecified atom stereocenters. The summed E-state index contributed by atoms with van der Waals surface area (Å²) >= 11 is 5.95. The van der Waals surface area contributed by atoms with Crippen molar-refractivity contribution in [3.63, 3.8) is 0 Å². The van der Waals surface area contributed by atoms with E-state index in [9.17, 15) is 4.79 Å². The third-order valence-electron chi connectivity index (χ3n) is 3.86. The Hall–Kier alpha value is -2.46. The highest BCUT2D eigenvalue weighted by Gasteiger charge is 2.19. The summed E-state index contributed by atoms with van der Waals surface area (Å²) in [6.07, 6.45) is 0. The van der Waals surface area contributed by atoms with Crippen LogP contribution in [0.25, 0.3) is 11.0 Å². The lowest BCUT2D eigenvalue weighted by atomic mass is 10.1. The lowest BCUT2D eigenvalue weighted by Gasteiger charge is -2.07. The second kappa shape index (κ2) is 6.57. The molecule has 24 heavy (non-hydrogen) atoms. The maximum atomic E-state index is 12.6. The molecule has 0 fully saturated rings. The Morgan fingerprint density at radius 1 is 1.21 bits per heavy atom. The average molecular weight is 344 g/mol. The van der Waals surface area contributed by atoms with Gasteiger partial charge in [0.2, 0.25) is 0 Å². The van der Waals surface area contributed by atoms with Gasteiger partial charge >= 0.3 is 0 Å². The number of rotatable bonds is 4. The molecule has 3 rings (SSSR count). The van der Waals surface area contributed by atoms with Gasteiger partial charge in [0, 0.05) is 21.7 Å². The number of ether oxygens (including phenoxy) is 1. The van der Waals surface area contributed by atoms with Crippen LogP contribution in [0.2, 0.25) is 5.02 Å². The number of anilines is 1. The molecular weight excluding hydrogens is 326 g/mol. The van der Waals surface area contributed by atoms with Crippen LogP contribution in [0.5, 0.6) is 5.75 Å². The summed E-state index contributed by atoms with van der Waals surface area (Å²) in [5, 5.41) is 4.38. The Bertz CT molecular complexity index is 914. The highest BCUT2D eigenvalue weighted by molar-refractivity contribution is 6.30.